The van der Waals surface area contributed by atoms with Gasteiger partial charge in [-0.1, -0.05) is 18.2 Å². The molecule has 1 aromatic rings. The van der Waals surface area contributed by atoms with E-state index in [0.717, 1.165) is 17.8 Å². The molecule has 2 aliphatic heterocycles. The van der Waals surface area contributed by atoms with E-state index in [4.69, 9.17) is 0 Å². The third kappa shape index (κ3) is 3.19. The number of hydrogen-bond donors (Lipinski definition) is 2. The molecular weight excluding hydrogens is 290 g/mol. The van der Waals surface area contributed by atoms with Crippen LogP contribution in [0.15, 0.2) is 24.3 Å². The highest BCUT2D eigenvalue weighted by molar-refractivity contribution is 6.01. The van der Waals surface area contributed by atoms with Gasteiger partial charge in [0.25, 0.3) is 0 Å². The summed E-state index contributed by atoms with van der Waals surface area (Å²) in [6.07, 6.45) is 0.244. The third-order valence-electron chi connectivity index (χ3n) is 3.98. The van der Waals surface area contributed by atoms with Crippen molar-refractivity contribution in [3.8, 4) is 0 Å². The molecule has 2 aliphatic rings. The molecule has 5 nitrogen and oxygen atoms in total. The minimum Gasteiger partial charge on any atom is -0.339 e. The molecule has 2 N–H and O–H groups in total. The van der Waals surface area contributed by atoms with Crippen molar-refractivity contribution in [3.05, 3.63) is 29.8 Å². The molecule has 1 fully saturated rings. The summed E-state index contributed by atoms with van der Waals surface area (Å²) in [5, 5.41) is 6.16. The molecule has 114 valence electrons. The molecular formula is C15H20ClN3O2. The fourth-order valence-electron chi connectivity index (χ4n) is 2.98. The number of para-hydroxylation sites is 1. The van der Waals surface area contributed by atoms with Gasteiger partial charge in [0, 0.05) is 37.8 Å². The lowest BCUT2D eigenvalue weighted by molar-refractivity contribution is -0.136. The van der Waals surface area contributed by atoms with Crippen molar-refractivity contribution in [3.63, 3.8) is 0 Å². The number of anilines is 1. The Balaban J connectivity index is 0.00000161. The predicted molar refractivity (Wildman–Crippen MR) is 83.7 cm³/mol. The monoisotopic (exact) mass is 309 g/mol. The van der Waals surface area contributed by atoms with Crippen LogP contribution in [0.2, 0.25) is 0 Å². The molecule has 0 bridgehead atoms. The Labute approximate surface area is 130 Å². The van der Waals surface area contributed by atoms with E-state index in [0.29, 0.717) is 19.1 Å². The largest absolute Gasteiger partial charge is 0.339 e. The topological polar surface area (TPSA) is 61.4 Å². The molecule has 2 heterocycles. The van der Waals surface area contributed by atoms with Gasteiger partial charge in [0.2, 0.25) is 11.8 Å². The number of hydrogen-bond acceptors (Lipinski definition) is 3. The summed E-state index contributed by atoms with van der Waals surface area (Å²) in [4.78, 5) is 26.4. The summed E-state index contributed by atoms with van der Waals surface area (Å²) < 4.78 is 0. The molecule has 0 aromatic heterocycles. The summed E-state index contributed by atoms with van der Waals surface area (Å²) in [5.41, 5.74) is 1.70. The summed E-state index contributed by atoms with van der Waals surface area (Å²) in [5.74, 6) is -0.351. The van der Waals surface area contributed by atoms with Gasteiger partial charge in [0.05, 0.1) is 5.92 Å². The van der Waals surface area contributed by atoms with Gasteiger partial charge in [-0.2, -0.15) is 0 Å². The van der Waals surface area contributed by atoms with Crippen molar-refractivity contribution in [2.45, 2.75) is 25.3 Å². The van der Waals surface area contributed by atoms with Gasteiger partial charge in [-0.15, -0.1) is 12.4 Å². The van der Waals surface area contributed by atoms with Crippen molar-refractivity contribution >= 4 is 29.9 Å². The van der Waals surface area contributed by atoms with Crippen LogP contribution >= 0.6 is 12.4 Å². The molecule has 21 heavy (non-hydrogen) atoms. The standard InChI is InChI=1S/C15H19N3O2.ClH/c1-10-9-18(7-6-16-10)15(20)12-8-14(19)17-13-5-3-2-4-11(12)13;/h2-5,10,12,16H,6-9H2,1H3,(H,17,19);1H. The first-order chi connectivity index (χ1) is 9.65. The highest BCUT2D eigenvalue weighted by Gasteiger charge is 2.34. The molecule has 0 aliphatic carbocycles. The van der Waals surface area contributed by atoms with E-state index in [-0.39, 0.29) is 36.6 Å². The third-order valence-corrected chi connectivity index (χ3v) is 3.98. The number of nitrogens with zero attached hydrogens (tertiary/aromatic N) is 1. The molecule has 2 amide bonds. The number of nitrogens with one attached hydrogen (secondary N) is 2. The zero-order valence-electron chi connectivity index (χ0n) is 12.0. The normalized spacial score (nSPS) is 24.6. The number of carbonyl (C=O) groups is 2. The van der Waals surface area contributed by atoms with Gasteiger partial charge in [-0.05, 0) is 18.6 Å². The van der Waals surface area contributed by atoms with Gasteiger partial charge in [0.15, 0.2) is 0 Å². The number of fused-ring (bicyclic) bond motifs is 1. The average molecular weight is 310 g/mol. The van der Waals surface area contributed by atoms with E-state index >= 15 is 0 Å². The van der Waals surface area contributed by atoms with Crippen LogP contribution in [-0.4, -0.2) is 42.4 Å². The molecule has 1 aromatic carbocycles. The fraction of sp³-hybridized carbons (Fsp3) is 0.467. The number of piperazine rings is 1. The zero-order valence-corrected chi connectivity index (χ0v) is 12.8. The second-order valence-electron chi connectivity index (χ2n) is 5.53. The minimum atomic E-state index is -0.342. The number of halogens is 1. The van der Waals surface area contributed by atoms with Crippen LogP contribution in [0, 0.1) is 0 Å². The first kappa shape index (κ1) is 15.8. The lowest BCUT2D eigenvalue weighted by atomic mass is 9.89. The average Bonchev–Trinajstić information content (AvgIpc) is 2.45. The summed E-state index contributed by atoms with van der Waals surface area (Å²) in [6, 6.07) is 7.88. The molecule has 6 heteroatoms. The van der Waals surface area contributed by atoms with Crippen LogP contribution in [-0.2, 0) is 9.59 Å². The highest BCUT2D eigenvalue weighted by atomic mass is 35.5. The predicted octanol–water partition coefficient (Wildman–Crippen LogP) is 1.35. The smallest absolute Gasteiger partial charge is 0.230 e. The Kier molecular flexibility index (Phi) is 4.85. The molecule has 0 radical (unpaired) electrons. The van der Waals surface area contributed by atoms with Crippen molar-refractivity contribution < 1.29 is 9.59 Å². The molecule has 3 rings (SSSR count). The van der Waals surface area contributed by atoms with Crippen LogP contribution in [0.1, 0.15) is 24.8 Å². The van der Waals surface area contributed by atoms with Crippen molar-refractivity contribution in [1.29, 1.82) is 0 Å². The second kappa shape index (κ2) is 6.45. The number of carbonyl (C=O) groups excluding carboxylic acids is 2. The van der Waals surface area contributed by atoms with E-state index in [1.54, 1.807) is 0 Å². The molecule has 2 unspecified atom stereocenters. The minimum absolute atomic E-state index is 0. The van der Waals surface area contributed by atoms with Crippen LogP contribution < -0.4 is 10.6 Å². The maximum Gasteiger partial charge on any atom is 0.230 e. The SMILES string of the molecule is CC1CN(C(=O)C2CC(=O)Nc3ccccc32)CCN1.Cl. The fourth-order valence-corrected chi connectivity index (χ4v) is 2.98. The van der Waals surface area contributed by atoms with Crippen LogP contribution in [0.4, 0.5) is 5.69 Å². The lowest BCUT2D eigenvalue weighted by Gasteiger charge is -2.35. The van der Waals surface area contributed by atoms with Crippen molar-refractivity contribution in [2.75, 3.05) is 25.0 Å². The first-order valence-corrected chi connectivity index (χ1v) is 7.06. The van der Waals surface area contributed by atoms with Gasteiger partial charge in [0.1, 0.15) is 0 Å². The van der Waals surface area contributed by atoms with Crippen molar-refractivity contribution in [2.24, 2.45) is 0 Å². The van der Waals surface area contributed by atoms with E-state index in [1.807, 2.05) is 29.2 Å². The second-order valence-corrected chi connectivity index (χ2v) is 5.53. The molecule has 0 saturated carbocycles. The van der Waals surface area contributed by atoms with E-state index in [9.17, 15) is 9.59 Å². The molecule has 2 atom stereocenters. The Morgan fingerprint density at radius 1 is 1.33 bits per heavy atom. The van der Waals surface area contributed by atoms with E-state index in [2.05, 4.69) is 17.6 Å². The maximum absolute atomic E-state index is 12.7. The number of amides is 2. The lowest BCUT2D eigenvalue weighted by Crippen LogP contribution is -2.53. The summed E-state index contributed by atoms with van der Waals surface area (Å²) >= 11 is 0. The first-order valence-electron chi connectivity index (χ1n) is 7.06. The van der Waals surface area contributed by atoms with Crippen LogP contribution in [0.3, 0.4) is 0 Å². The van der Waals surface area contributed by atoms with E-state index < -0.39 is 0 Å². The van der Waals surface area contributed by atoms with Gasteiger partial charge in [-0.3, -0.25) is 9.59 Å². The molecule has 0 spiro atoms. The Morgan fingerprint density at radius 2 is 2.10 bits per heavy atom. The Morgan fingerprint density at radius 3 is 2.86 bits per heavy atom. The molecule has 1 saturated heterocycles. The maximum atomic E-state index is 12.7. The summed E-state index contributed by atoms with van der Waals surface area (Å²) in [6.45, 7) is 4.30. The summed E-state index contributed by atoms with van der Waals surface area (Å²) in [7, 11) is 0. The van der Waals surface area contributed by atoms with Gasteiger partial charge in [-0.25, -0.2) is 0 Å². The quantitative estimate of drug-likeness (QED) is 0.823. The van der Waals surface area contributed by atoms with Gasteiger partial charge < -0.3 is 15.5 Å². The van der Waals surface area contributed by atoms with E-state index in [1.165, 1.54) is 0 Å². The van der Waals surface area contributed by atoms with Crippen LogP contribution in [0.5, 0.6) is 0 Å². The Bertz CT molecular complexity index is 549. The number of benzene rings is 1. The highest BCUT2D eigenvalue weighted by Crippen LogP contribution is 2.33. The van der Waals surface area contributed by atoms with Crippen LogP contribution in [0.25, 0.3) is 0 Å². The zero-order chi connectivity index (χ0) is 14.1. The van der Waals surface area contributed by atoms with Gasteiger partial charge >= 0.3 is 0 Å². The number of rotatable bonds is 1. The Hall–Kier alpha value is -1.59. The van der Waals surface area contributed by atoms with Crippen molar-refractivity contribution in [1.82, 2.24) is 10.2 Å².